The molecule has 2 aromatic carbocycles. The Balaban J connectivity index is 1.84. The second kappa shape index (κ2) is 6.67. The fourth-order valence-electron chi connectivity index (χ4n) is 2.45. The van der Waals surface area contributed by atoms with Gasteiger partial charge in [0.2, 0.25) is 11.3 Å². The van der Waals surface area contributed by atoms with Gasteiger partial charge in [-0.25, -0.2) is 19.0 Å². The number of aromatic nitrogens is 4. The van der Waals surface area contributed by atoms with Crippen LogP contribution in [0.4, 0.5) is 15.9 Å². The van der Waals surface area contributed by atoms with Gasteiger partial charge in [0, 0.05) is 11.3 Å². The van der Waals surface area contributed by atoms with E-state index in [1.807, 2.05) is 0 Å². The predicted octanol–water partition coefficient (Wildman–Crippen LogP) is 2.31. The van der Waals surface area contributed by atoms with Crippen molar-refractivity contribution in [1.82, 2.24) is 20.3 Å². The third-order valence-electron chi connectivity index (χ3n) is 3.72. The van der Waals surface area contributed by atoms with Crippen molar-refractivity contribution in [3.8, 4) is 5.75 Å². The highest BCUT2D eigenvalue weighted by atomic mass is 19.1. The third-order valence-corrected chi connectivity index (χ3v) is 3.72. The Morgan fingerprint density at radius 1 is 1.00 bits per heavy atom. The fraction of sp³-hybridized carbons (Fsp3) is 0. The summed E-state index contributed by atoms with van der Waals surface area (Å²) in [4.78, 5) is 8.72. The molecule has 0 aliphatic carbocycles. The summed E-state index contributed by atoms with van der Waals surface area (Å²) in [5.41, 5.74) is 2.13. The molecule has 4 N–H and O–H groups in total. The zero-order chi connectivity index (χ0) is 18.8. The summed E-state index contributed by atoms with van der Waals surface area (Å²) in [6.45, 7) is 0. The zero-order valence-corrected chi connectivity index (χ0v) is 13.7. The highest BCUT2D eigenvalue weighted by Gasteiger charge is 2.19. The van der Waals surface area contributed by atoms with E-state index in [2.05, 4.69) is 35.3 Å². The molecule has 0 fully saturated rings. The lowest BCUT2D eigenvalue weighted by Gasteiger charge is -2.11. The number of halogens is 1. The maximum atomic E-state index is 13.2. The first-order valence-corrected chi connectivity index (χ1v) is 7.74. The first-order valence-electron chi connectivity index (χ1n) is 7.74. The van der Waals surface area contributed by atoms with Crippen LogP contribution in [0.1, 0.15) is 11.3 Å². The Bertz CT molecular complexity index is 1120. The van der Waals surface area contributed by atoms with Crippen LogP contribution >= 0.6 is 0 Å². The number of hydrogen-bond donors (Lipinski definition) is 3. The van der Waals surface area contributed by atoms with Crippen LogP contribution in [-0.4, -0.2) is 31.1 Å². The highest BCUT2D eigenvalue weighted by molar-refractivity contribution is 6.14. The number of nitrogens with zero attached hydrogens (tertiary/aromatic N) is 5. The molecular formula is C17H12FN7O2. The average molecular weight is 365 g/mol. The number of phenols is 1. The molecule has 0 saturated carbocycles. The molecule has 2 aromatic heterocycles. The van der Waals surface area contributed by atoms with Crippen LogP contribution in [0.3, 0.4) is 0 Å². The molecule has 0 amide bonds. The molecule has 0 spiro atoms. The van der Waals surface area contributed by atoms with E-state index in [1.54, 1.807) is 24.3 Å². The second-order valence-electron chi connectivity index (χ2n) is 5.49. The van der Waals surface area contributed by atoms with Gasteiger partial charge >= 0.3 is 0 Å². The Morgan fingerprint density at radius 3 is 2.33 bits per heavy atom. The molecule has 0 unspecified atom stereocenters. The van der Waals surface area contributed by atoms with Gasteiger partial charge in [0.1, 0.15) is 23.0 Å². The number of aromatic hydroxyl groups is 1. The first kappa shape index (κ1) is 16.4. The largest absolute Gasteiger partial charge is 0.508 e. The maximum Gasteiger partial charge on any atom is 0.245 e. The predicted molar refractivity (Wildman–Crippen MR) is 95.0 cm³/mol. The fourth-order valence-corrected chi connectivity index (χ4v) is 2.45. The minimum Gasteiger partial charge on any atom is -0.508 e. The Labute approximate surface area is 151 Å². The lowest BCUT2D eigenvalue weighted by Crippen LogP contribution is -2.13. The van der Waals surface area contributed by atoms with Crippen LogP contribution < -0.4 is 11.2 Å². The Hall–Kier alpha value is -4.08. The first-order chi connectivity index (χ1) is 13.1. The third kappa shape index (κ3) is 3.23. The number of rotatable bonds is 4. The standard InChI is InChI=1S/C17H12FN7O2/c18-10-3-5-11(6-4-10)20-15-14(21-16-17(22-15)25-27-24-16)13(23-19)9-1-7-12(26)8-2-9/h1-8,26H,19H2,(H,20,22,25)/b23-13+. The van der Waals surface area contributed by atoms with Crippen LogP contribution in [0.5, 0.6) is 5.75 Å². The van der Waals surface area contributed by atoms with E-state index in [0.29, 0.717) is 17.0 Å². The molecule has 0 aliphatic heterocycles. The number of fused-ring (bicyclic) bond motifs is 1. The molecule has 0 atom stereocenters. The topological polar surface area (TPSA) is 135 Å². The molecule has 10 heteroatoms. The molecule has 2 heterocycles. The van der Waals surface area contributed by atoms with Gasteiger partial charge in [-0.3, -0.25) is 0 Å². The molecule has 0 radical (unpaired) electrons. The molecule has 134 valence electrons. The van der Waals surface area contributed by atoms with Crippen molar-refractivity contribution in [2.24, 2.45) is 10.9 Å². The van der Waals surface area contributed by atoms with E-state index < -0.39 is 0 Å². The van der Waals surface area contributed by atoms with Gasteiger partial charge in [0.25, 0.3) is 0 Å². The van der Waals surface area contributed by atoms with Crippen molar-refractivity contribution in [2.45, 2.75) is 0 Å². The van der Waals surface area contributed by atoms with Gasteiger partial charge in [-0.2, -0.15) is 5.10 Å². The van der Waals surface area contributed by atoms with E-state index >= 15 is 0 Å². The van der Waals surface area contributed by atoms with Crippen LogP contribution in [-0.2, 0) is 0 Å². The quantitative estimate of drug-likeness (QED) is 0.285. The lowest BCUT2D eigenvalue weighted by atomic mass is 10.1. The average Bonchev–Trinajstić information content (AvgIpc) is 3.13. The van der Waals surface area contributed by atoms with Gasteiger partial charge < -0.3 is 16.3 Å². The molecule has 0 bridgehead atoms. The number of hydrogen-bond acceptors (Lipinski definition) is 9. The van der Waals surface area contributed by atoms with Crippen LogP contribution in [0.2, 0.25) is 0 Å². The van der Waals surface area contributed by atoms with Crippen LogP contribution in [0.15, 0.2) is 58.3 Å². The van der Waals surface area contributed by atoms with Crippen molar-refractivity contribution in [1.29, 1.82) is 0 Å². The zero-order valence-electron chi connectivity index (χ0n) is 13.7. The van der Waals surface area contributed by atoms with E-state index in [-0.39, 0.29) is 34.4 Å². The Kier molecular flexibility index (Phi) is 4.05. The van der Waals surface area contributed by atoms with Crippen molar-refractivity contribution in [3.05, 3.63) is 65.6 Å². The highest BCUT2D eigenvalue weighted by Crippen LogP contribution is 2.23. The smallest absolute Gasteiger partial charge is 0.245 e. The summed E-state index contributed by atoms with van der Waals surface area (Å²) in [6, 6.07) is 12.0. The van der Waals surface area contributed by atoms with E-state index in [9.17, 15) is 9.50 Å². The minimum atomic E-state index is -0.365. The minimum absolute atomic E-state index is 0.0991. The number of anilines is 2. The molecule has 4 rings (SSSR count). The maximum absolute atomic E-state index is 13.2. The summed E-state index contributed by atoms with van der Waals surface area (Å²) in [6.07, 6.45) is 0. The van der Waals surface area contributed by atoms with Crippen molar-refractivity contribution in [2.75, 3.05) is 5.32 Å². The monoisotopic (exact) mass is 365 g/mol. The van der Waals surface area contributed by atoms with Gasteiger partial charge in [-0.15, -0.1) is 0 Å². The number of nitrogens with one attached hydrogen (secondary N) is 1. The van der Waals surface area contributed by atoms with Gasteiger partial charge in [-0.05, 0) is 58.8 Å². The van der Waals surface area contributed by atoms with Crippen LogP contribution in [0, 0.1) is 5.82 Å². The van der Waals surface area contributed by atoms with Crippen molar-refractivity contribution in [3.63, 3.8) is 0 Å². The summed E-state index contributed by atoms with van der Waals surface area (Å²) < 4.78 is 17.8. The van der Waals surface area contributed by atoms with Crippen LogP contribution in [0.25, 0.3) is 11.3 Å². The molecule has 9 nitrogen and oxygen atoms in total. The molecule has 0 aliphatic rings. The SMILES string of the molecule is N/N=C(\c1ccc(O)cc1)c1nc2nonc2nc1Nc1ccc(F)cc1. The summed E-state index contributed by atoms with van der Waals surface area (Å²) in [5, 5.41) is 23.7. The molecular weight excluding hydrogens is 353 g/mol. The van der Waals surface area contributed by atoms with E-state index in [4.69, 9.17) is 5.84 Å². The number of nitrogens with two attached hydrogens (primary N) is 1. The van der Waals surface area contributed by atoms with Crippen molar-refractivity contribution < 1.29 is 14.1 Å². The number of hydrazone groups is 1. The Morgan fingerprint density at radius 2 is 1.67 bits per heavy atom. The van der Waals surface area contributed by atoms with E-state index in [1.165, 1.54) is 24.3 Å². The van der Waals surface area contributed by atoms with E-state index in [0.717, 1.165) is 0 Å². The summed E-state index contributed by atoms with van der Waals surface area (Å²) in [5.74, 6) is 5.61. The molecule has 4 aromatic rings. The number of phenolic OH excluding ortho intramolecular Hbond substituents is 1. The summed E-state index contributed by atoms with van der Waals surface area (Å²) in [7, 11) is 0. The molecule has 0 saturated heterocycles. The molecule has 27 heavy (non-hydrogen) atoms. The van der Waals surface area contributed by atoms with Gasteiger partial charge in [-0.1, -0.05) is 0 Å². The lowest BCUT2D eigenvalue weighted by molar-refractivity contribution is 0.314. The number of benzene rings is 2. The summed E-state index contributed by atoms with van der Waals surface area (Å²) >= 11 is 0. The van der Waals surface area contributed by atoms with Gasteiger partial charge in [0.15, 0.2) is 5.82 Å². The van der Waals surface area contributed by atoms with Gasteiger partial charge in [0.05, 0.1) is 0 Å². The normalized spacial score (nSPS) is 11.7. The second-order valence-corrected chi connectivity index (χ2v) is 5.49. The van der Waals surface area contributed by atoms with Crippen molar-refractivity contribution >= 4 is 28.5 Å².